The third-order valence-corrected chi connectivity index (χ3v) is 3.94. The number of nitrogens with one attached hydrogen (secondary N) is 2. The molecule has 2 heterocycles. The number of anilines is 1. The van der Waals surface area contributed by atoms with Crippen molar-refractivity contribution in [3.05, 3.63) is 35.8 Å². The van der Waals surface area contributed by atoms with Crippen molar-refractivity contribution in [2.45, 2.75) is 45.6 Å². The Kier molecular flexibility index (Phi) is 4.57. The maximum absolute atomic E-state index is 4.77. The molecule has 5 nitrogen and oxygen atoms in total. The van der Waals surface area contributed by atoms with Crippen molar-refractivity contribution < 1.29 is 0 Å². The van der Waals surface area contributed by atoms with Crippen LogP contribution in [0.5, 0.6) is 0 Å². The second kappa shape index (κ2) is 6.62. The van der Waals surface area contributed by atoms with Gasteiger partial charge in [-0.3, -0.25) is 4.98 Å². The second-order valence-corrected chi connectivity index (χ2v) is 7.01. The third-order valence-electron chi connectivity index (χ3n) is 3.94. The fourth-order valence-electron chi connectivity index (χ4n) is 2.83. The van der Waals surface area contributed by atoms with Gasteiger partial charge < -0.3 is 10.6 Å². The van der Waals surface area contributed by atoms with Gasteiger partial charge in [0.05, 0.1) is 0 Å². The zero-order valence-electron chi connectivity index (χ0n) is 14.2. The van der Waals surface area contributed by atoms with E-state index in [2.05, 4.69) is 36.4 Å². The highest BCUT2D eigenvalue weighted by atomic mass is 15.1. The molecule has 23 heavy (non-hydrogen) atoms. The molecule has 0 spiro atoms. The Hall–Kier alpha value is -2.01. The van der Waals surface area contributed by atoms with E-state index in [-0.39, 0.29) is 5.54 Å². The fourth-order valence-corrected chi connectivity index (χ4v) is 2.83. The molecule has 122 valence electrons. The summed E-state index contributed by atoms with van der Waals surface area (Å²) in [5.74, 6) is 1.79. The number of fused-ring (bicyclic) bond motifs is 1. The molecule has 0 atom stereocenters. The molecule has 0 radical (unpaired) electrons. The molecule has 3 rings (SSSR count). The Morgan fingerprint density at radius 3 is 2.57 bits per heavy atom. The van der Waals surface area contributed by atoms with Crippen molar-refractivity contribution in [1.29, 1.82) is 0 Å². The van der Waals surface area contributed by atoms with Crippen LogP contribution in [0.4, 0.5) is 5.82 Å². The maximum atomic E-state index is 4.77. The molecule has 0 saturated carbocycles. The van der Waals surface area contributed by atoms with E-state index < -0.39 is 0 Å². The lowest BCUT2D eigenvalue weighted by molar-refractivity contribution is 0.435. The van der Waals surface area contributed by atoms with Crippen LogP contribution in [-0.4, -0.2) is 33.6 Å². The number of hydrogen-bond acceptors (Lipinski definition) is 5. The molecule has 0 saturated heterocycles. The summed E-state index contributed by atoms with van der Waals surface area (Å²) in [6.07, 6.45) is 6.85. The smallest absolute Gasteiger partial charge is 0.161 e. The Morgan fingerprint density at radius 2 is 1.83 bits per heavy atom. The van der Waals surface area contributed by atoms with Gasteiger partial charge in [0.1, 0.15) is 5.82 Å². The Labute approximate surface area is 138 Å². The molecule has 1 aliphatic rings. The Morgan fingerprint density at radius 1 is 1.04 bits per heavy atom. The van der Waals surface area contributed by atoms with E-state index in [0.29, 0.717) is 0 Å². The zero-order valence-corrected chi connectivity index (χ0v) is 14.2. The number of nitrogens with zero attached hydrogens (tertiary/aromatic N) is 3. The molecule has 0 aromatic carbocycles. The molecule has 0 aliphatic heterocycles. The first kappa shape index (κ1) is 15.9. The molecule has 0 bridgehead atoms. The van der Waals surface area contributed by atoms with Gasteiger partial charge in [0, 0.05) is 47.8 Å². The summed E-state index contributed by atoms with van der Waals surface area (Å²) in [7, 11) is 0. The topological polar surface area (TPSA) is 62.7 Å². The van der Waals surface area contributed by atoms with Gasteiger partial charge in [-0.1, -0.05) is 0 Å². The summed E-state index contributed by atoms with van der Waals surface area (Å²) in [6.45, 7) is 8.30. The lowest BCUT2D eigenvalue weighted by atomic mass is 10.1. The summed E-state index contributed by atoms with van der Waals surface area (Å²) < 4.78 is 0. The fraction of sp³-hybridized carbons (Fsp3) is 0.500. The van der Waals surface area contributed by atoms with Crippen LogP contribution in [0.15, 0.2) is 24.5 Å². The second-order valence-electron chi connectivity index (χ2n) is 7.01. The minimum atomic E-state index is 0.136. The first-order valence-electron chi connectivity index (χ1n) is 8.32. The van der Waals surface area contributed by atoms with Gasteiger partial charge in [-0.15, -0.1) is 0 Å². The quantitative estimate of drug-likeness (QED) is 0.831. The van der Waals surface area contributed by atoms with E-state index in [1.54, 1.807) is 12.4 Å². The normalized spacial score (nSPS) is 13.9. The Balaban J connectivity index is 1.78. The number of aromatic nitrogens is 3. The van der Waals surface area contributed by atoms with Crippen molar-refractivity contribution >= 4 is 5.82 Å². The van der Waals surface area contributed by atoms with E-state index in [1.807, 2.05) is 12.1 Å². The zero-order chi connectivity index (χ0) is 16.3. The molecule has 5 heteroatoms. The Bertz CT molecular complexity index is 661. The highest BCUT2D eigenvalue weighted by Gasteiger charge is 2.19. The molecular formula is C18H25N5. The van der Waals surface area contributed by atoms with Crippen LogP contribution in [-0.2, 0) is 12.8 Å². The van der Waals surface area contributed by atoms with Crippen LogP contribution in [0.3, 0.4) is 0 Å². The van der Waals surface area contributed by atoms with Crippen molar-refractivity contribution in [2.24, 2.45) is 0 Å². The summed E-state index contributed by atoms with van der Waals surface area (Å²) in [6, 6.07) is 3.92. The average Bonchev–Trinajstić information content (AvgIpc) is 3.00. The lowest BCUT2D eigenvalue weighted by Gasteiger charge is -2.21. The van der Waals surface area contributed by atoms with Gasteiger partial charge in [0.25, 0.3) is 0 Å². The van der Waals surface area contributed by atoms with Crippen LogP contribution >= 0.6 is 0 Å². The van der Waals surface area contributed by atoms with Gasteiger partial charge in [0.2, 0.25) is 0 Å². The van der Waals surface area contributed by atoms with Crippen LogP contribution in [0.25, 0.3) is 11.4 Å². The average molecular weight is 311 g/mol. The maximum Gasteiger partial charge on any atom is 0.161 e. The van der Waals surface area contributed by atoms with E-state index in [0.717, 1.165) is 43.1 Å². The van der Waals surface area contributed by atoms with Crippen LogP contribution in [0.2, 0.25) is 0 Å². The summed E-state index contributed by atoms with van der Waals surface area (Å²) in [4.78, 5) is 13.6. The van der Waals surface area contributed by atoms with Crippen molar-refractivity contribution in [1.82, 2.24) is 20.3 Å². The highest BCUT2D eigenvalue weighted by Crippen LogP contribution is 2.28. The minimum absolute atomic E-state index is 0.136. The first-order valence-corrected chi connectivity index (χ1v) is 8.32. The van der Waals surface area contributed by atoms with E-state index in [9.17, 15) is 0 Å². The summed E-state index contributed by atoms with van der Waals surface area (Å²) >= 11 is 0. The molecule has 2 N–H and O–H groups in total. The molecule has 2 aromatic heterocycles. The molecule has 0 fully saturated rings. The SMILES string of the molecule is CC(C)(C)NCCNc1nc(-c2ccncc2)nc2c1CCC2. The van der Waals surface area contributed by atoms with Gasteiger partial charge in [-0.05, 0) is 52.2 Å². The van der Waals surface area contributed by atoms with E-state index in [4.69, 9.17) is 9.97 Å². The van der Waals surface area contributed by atoms with Crippen LogP contribution < -0.4 is 10.6 Å². The number of pyridine rings is 1. The number of hydrogen-bond donors (Lipinski definition) is 2. The number of aryl methyl sites for hydroxylation is 1. The van der Waals surface area contributed by atoms with Crippen LogP contribution in [0, 0.1) is 0 Å². The van der Waals surface area contributed by atoms with Gasteiger partial charge in [-0.2, -0.15) is 0 Å². The van der Waals surface area contributed by atoms with Gasteiger partial charge in [-0.25, -0.2) is 9.97 Å². The van der Waals surface area contributed by atoms with Crippen molar-refractivity contribution in [2.75, 3.05) is 18.4 Å². The lowest BCUT2D eigenvalue weighted by Crippen LogP contribution is -2.38. The summed E-state index contributed by atoms with van der Waals surface area (Å²) in [5.41, 5.74) is 3.64. The van der Waals surface area contributed by atoms with Crippen molar-refractivity contribution in [3.8, 4) is 11.4 Å². The predicted molar refractivity (Wildman–Crippen MR) is 93.5 cm³/mol. The molecular weight excluding hydrogens is 286 g/mol. The van der Waals surface area contributed by atoms with Crippen LogP contribution in [0.1, 0.15) is 38.4 Å². The molecule has 1 aliphatic carbocycles. The molecule has 0 unspecified atom stereocenters. The minimum Gasteiger partial charge on any atom is -0.368 e. The predicted octanol–water partition coefficient (Wildman–Crippen LogP) is 2.83. The number of rotatable bonds is 5. The van der Waals surface area contributed by atoms with Gasteiger partial charge in [0.15, 0.2) is 5.82 Å². The largest absolute Gasteiger partial charge is 0.368 e. The van der Waals surface area contributed by atoms with Crippen molar-refractivity contribution in [3.63, 3.8) is 0 Å². The molecule has 0 amide bonds. The third kappa shape index (κ3) is 4.05. The monoisotopic (exact) mass is 311 g/mol. The van der Waals surface area contributed by atoms with E-state index >= 15 is 0 Å². The summed E-state index contributed by atoms with van der Waals surface area (Å²) in [5, 5.41) is 6.99. The van der Waals surface area contributed by atoms with Gasteiger partial charge >= 0.3 is 0 Å². The first-order chi connectivity index (χ1) is 11.0. The molecule has 2 aromatic rings. The highest BCUT2D eigenvalue weighted by molar-refractivity contribution is 5.60. The standard InChI is InChI=1S/C18H25N5/c1-18(2,3)21-12-11-20-17-14-5-4-6-15(14)22-16(23-17)13-7-9-19-10-8-13/h7-10,21H,4-6,11-12H2,1-3H3,(H,20,22,23). The van der Waals surface area contributed by atoms with E-state index in [1.165, 1.54) is 17.7 Å².